The van der Waals surface area contributed by atoms with Gasteiger partial charge in [-0.2, -0.15) is 0 Å². The molecule has 0 spiro atoms. The van der Waals surface area contributed by atoms with E-state index in [4.69, 9.17) is 14.5 Å². The van der Waals surface area contributed by atoms with Gasteiger partial charge in [-0.1, -0.05) is 37.3 Å². The summed E-state index contributed by atoms with van der Waals surface area (Å²) in [6.07, 6.45) is 1.17. The molecule has 1 heterocycles. The Balaban J connectivity index is 1.87. The molecule has 2 unspecified atom stereocenters. The van der Waals surface area contributed by atoms with Gasteiger partial charge in [0.2, 0.25) is 0 Å². The van der Waals surface area contributed by atoms with Crippen LogP contribution in [-0.4, -0.2) is 64.0 Å². The van der Waals surface area contributed by atoms with E-state index in [0.29, 0.717) is 38.2 Å². The van der Waals surface area contributed by atoms with Gasteiger partial charge in [-0.05, 0) is 30.7 Å². The molecule has 1 aromatic rings. The highest BCUT2D eigenvalue weighted by Crippen LogP contribution is 2.32. The van der Waals surface area contributed by atoms with E-state index in [0.717, 1.165) is 25.6 Å². The van der Waals surface area contributed by atoms with Gasteiger partial charge in [0, 0.05) is 26.7 Å². The molecule has 2 atom stereocenters. The number of nitrogens with zero attached hydrogens (tertiary/aromatic N) is 2. The topological polar surface area (TPSA) is 46.1 Å². The molecule has 0 saturated carbocycles. The lowest BCUT2D eigenvalue weighted by Gasteiger charge is -2.39. The molecule has 1 saturated heterocycles. The summed E-state index contributed by atoms with van der Waals surface area (Å²) in [5.41, 5.74) is 1.46. The molecule has 1 fully saturated rings. The summed E-state index contributed by atoms with van der Waals surface area (Å²) in [4.78, 5) is 7.12. The Kier molecular flexibility index (Phi) is 8.77. The number of aliphatic imine (C=N–C) groups is 1. The van der Waals surface area contributed by atoms with Gasteiger partial charge in [0.15, 0.2) is 5.96 Å². The quantitative estimate of drug-likeness (QED) is 0.446. The lowest BCUT2D eigenvalue weighted by molar-refractivity contribution is 0.0747. The highest BCUT2D eigenvalue weighted by atomic mass is 16.5. The maximum atomic E-state index is 5.51. The van der Waals surface area contributed by atoms with Gasteiger partial charge in [-0.15, -0.1) is 0 Å². The van der Waals surface area contributed by atoms with Crippen LogP contribution in [0.25, 0.3) is 0 Å². The van der Waals surface area contributed by atoms with E-state index in [1.165, 1.54) is 12.0 Å². The number of piperidine rings is 1. The maximum Gasteiger partial charge on any atom is 0.194 e. The van der Waals surface area contributed by atoms with Gasteiger partial charge in [0.1, 0.15) is 0 Å². The Labute approximate surface area is 152 Å². The van der Waals surface area contributed by atoms with Gasteiger partial charge in [-0.3, -0.25) is 4.99 Å². The van der Waals surface area contributed by atoms with E-state index < -0.39 is 0 Å². The molecular formula is C20H33N3O2. The number of ether oxygens (including phenoxy) is 2. The minimum absolute atomic E-state index is 0.609. The van der Waals surface area contributed by atoms with E-state index in [9.17, 15) is 0 Å². The minimum Gasteiger partial charge on any atom is -0.382 e. The van der Waals surface area contributed by atoms with Gasteiger partial charge in [-0.25, -0.2) is 0 Å². The summed E-state index contributed by atoms with van der Waals surface area (Å²) in [5.74, 6) is 2.26. The highest BCUT2D eigenvalue weighted by Gasteiger charge is 2.28. The molecule has 0 aromatic heterocycles. The van der Waals surface area contributed by atoms with E-state index in [1.807, 2.05) is 0 Å². The fourth-order valence-corrected chi connectivity index (χ4v) is 3.42. The first-order valence-corrected chi connectivity index (χ1v) is 9.41. The first-order valence-electron chi connectivity index (χ1n) is 9.41. The third-order valence-corrected chi connectivity index (χ3v) is 4.70. The molecule has 0 bridgehead atoms. The van der Waals surface area contributed by atoms with Crippen LogP contribution in [0.5, 0.6) is 0 Å². The number of nitrogens with one attached hydrogen (secondary N) is 1. The monoisotopic (exact) mass is 347 g/mol. The fraction of sp³-hybridized carbons (Fsp3) is 0.650. The summed E-state index contributed by atoms with van der Waals surface area (Å²) < 4.78 is 10.5. The molecule has 1 aliphatic rings. The molecule has 1 aromatic carbocycles. The third kappa shape index (κ3) is 6.33. The molecule has 1 N–H and O–H groups in total. The summed E-state index contributed by atoms with van der Waals surface area (Å²) in [6, 6.07) is 10.9. The van der Waals surface area contributed by atoms with Crippen LogP contribution in [0.2, 0.25) is 0 Å². The smallest absolute Gasteiger partial charge is 0.194 e. The SMILES string of the molecule is CCNC(=NCCOCCOC)N1CCC(c2ccccc2)C(C)C1. The fourth-order valence-electron chi connectivity index (χ4n) is 3.42. The Morgan fingerprint density at radius 3 is 2.72 bits per heavy atom. The maximum absolute atomic E-state index is 5.51. The number of rotatable bonds is 8. The van der Waals surface area contributed by atoms with Gasteiger partial charge in [0.05, 0.1) is 26.4 Å². The average Bonchev–Trinajstić information content (AvgIpc) is 2.64. The third-order valence-electron chi connectivity index (χ3n) is 4.70. The van der Waals surface area contributed by atoms with Crippen molar-refractivity contribution in [2.24, 2.45) is 10.9 Å². The van der Waals surface area contributed by atoms with Crippen LogP contribution in [0.15, 0.2) is 35.3 Å². The van der Waals surface area contributed by atoms with Crippen molar-refractivity contribution in [3.63, 3.8) is 0 Å². The molecule has 0 radical (unpaired) electrons. The van der Waals surface area contributed by atoms with Crippen LogP contribution in [0.1, 0.15) is 31.7 Å². The molecule has 5 heteroatoms. The predicted octanol–water partition coefficient (Wildman–Crippen LogP) is 2.74. The number of methoxy groups -OCH3 is 1. The van der Waals surface area contributed by atoms with Crippen LogP contribution in [0, 0.1) is 5.92 Å². The molecule has 5 nitrogen and oxygen atoms in total. The number of likely N-dealkylation sites (tertiary alicyclic amines) is 1. The second-order valence-electron chi connectivity index (χ2n) is 6.57. The Morgan fingerprint density at radius 1 is 1.24 bits per heavy atom. The normalized spacial score (nSPS) is 21.4. The van der Waals surface area contributed by atoms with Crippen LogP contribution in [0.3, 0.4) is 0 Å². The largest absolute Gasteiger partial charge is 0.382 e. The van der Waals surface area contributed by atoms with Gasteiger partial charge >= 0.3 is 0 Å². The molecular weight excluding hydrogens is 314 g/mol. The second kappa shape index (κ2) is 11.1. The highest BCUT2D eigenvalue weighted by molar-refractivity contribution is 5.80. The first-order chi connectivity index (χ1) is 12.3. The van der Waals surface area contributed by atoms with Crippen molar-refractivity contribution < 1.29 is 9.47 Å². The minimum atomic E-state index is 0.609. The number of benzene rings is 1. The first kappa shape index (κ1) is 19.7. The second-order valence-corrected chi connectivity index (χ2v) is 6.57. The Hall–Kier alpha value is -1.59. The molecule has 25 heavy (non-hydrogen) atoms. The van der Waals surface area contributed by atoms with Crippen molar-refractivity contribution >= 4 is 5.96 Å². The van der Waals surface area contributed by atoms with Crippen molar-refractivity contribution in [2.45, 2.75) is 26.2 Å². The van der Waals surface area contributed by atoms with Crippen LogP contribution in [0.4, 0.5) is 0 Å². The summed E-state index contributed by atoms with van der Waals surface area (Å²) in [7, 11) is 1.69. The number of guanidine groups is 1. The number of hydrogen-bond donors (Lipinski definition) is 1. The molecule has 0 aliphatic carbocycles. The number of hydrogen-bond acceptors (Lipinski definition) is 3. The van der Waals surface area contributed by atoms with Crippen LogP contribution >= 0.6 is 0 Å². The summed E-state index contributed by atoms with van der Waals surface area (Å²) >= 11 is 0. The van der Waals surface area contributed by atoms with Gasteiger partial charge in [0.25, 0.3) is 0 Å². The lowest BCUT2D eigenvalue weighted by Crippen LogP contribution is -2.48. The summed E-state index contributed by atoms with van der Waals surface area (Å²) in [5, 5.41) is 3.43. The van der Waals surface area contributed by atoms with E-state index in [-0.39, 0.29) is 0 Å². The molecule has 0 amide bonds. The van der Waals surface area contributed by atoms with E-state index in [2.05, 4.69) is 54.4 Å². The molecule has 1 aliphatic heterocycles. The zero-order valence-corrected chi connectivity index (χ0v) is 15.9. The Morgan fingerprint density at radius 2 is 2.04 bits per heavy atom. The van der Waals surface area contributed by atoms with Crippen molar-refractivity contribution in [1.29, 1.82) is 0 Å². The van der Waals surface area contributed by atoms with Crippen molar-refractivity contribution in [3.8, 4) is 0 Å². The van der Waals surface area contributed by atoms with Crippen molar-refractivity contribution in [2.75, 3.05) is 53.1 Å². The lowest BCUT2D eigenvalue weighted by atomic mass is 9.82. The van der Waals surface area contributed by atoms with E-state index >= 15 is 0 Å². The van der Waals surface area contributed by atoms with E-state index in [1.54, 1.807) is 7.11 Å². The predicted molar refractivity (Wildman–Crippen MR) is 103 cm³/mol. The molecule has 2 rings (SSSR count). The van der Waals surface area contributed by atoms with Crippen molar-refractivity contribution in [3.05, 3.63) is 35.9 Å². The summed E-state index contributed by atoms with van der Waals surface area (Å²) in [6.45, 7) is 10.0. The van der Waals surface area contributed by atoms with Gasteiger partial charge < -0.3 is 19.7 Å². The molecule has 140 valence electrons. The van der Waals surface area contributed by atoms with Crippen LogP contribution < -0.4 is 5.32 Å². The zero-order valence-electron chi connectivity index (χ0n) is 15.9. The zero-order chi connectivity index (χ0) is 17.9. The van der Waals surface area contributed by atoms with Crippen molar-refractivity contribution in [1.82, 2.24) is 10.2 Å². The Bertz CT molecular complexity index is 507. The van der Waals surface area contributed by atoms with Crippen LogP contribution in [-0.2, 0) is 9.47 Å². The average molecular weight is 348 g/mol. The standard InChI is InChI=1S/C20H33N3O2/c1-4-21-20(22-11-13-25-15-14-24-3)23-12-10-19(17(2)16-23)18-8-6-5-7-9-18/h5-9,17,19H,4,10-16H2,1-3H3,(H,21,22).